The number of halogens is 1. The number of nitrogens with two attached hydrogens (primary N) is 1. The van der Waals surface area contributed by atoms with Crippen molar-refractivity contribution >= 4 is 17.7 Å². The average Bonchev–Trinajstić information content (AvgIpc) is 2.90. The highest BCUT2D eigenvalue weighted by Gasteiger charge is 2.36. The van der Waals surface area contributed by atoms with Gasteiger partial charge in [0.1, 0.15) is 5.82 Å². The van der Waals surface area contributed by atoms with Gasteiger partial charge in [-0.3, -0.25) is 9.69 Å². The second-order valence-electron chi connectivity index (χ2n) is 5.93. The van der Waals surface area contributed by atoms with E-state index in [4.69, 9.17) is 10.5 Å². The molecule has 0 spiro atoms. The molecule has 2 amide bonds. The van der Waals surface area contributed by atoms with Crippen molar-refractivity contribution in [1.29, 1.82) is 0 Å². The van der Waals surface area contributed by atoms with Gasteiger partial charge in [0.05, 0.1) is 12.2 Å². The van der Waals surface area contributed by atoms with Gasteiger partial charge in [0.15, 0.2) is 6.10 Å². The Hall–Kier alpha value is -2.11. The minimum absolute atomic E-state index is 0.0242. The predicted molar refractivity (Wildman–Crippen MR) is 79.0 cm³/mol. The Morgan fingerprint density at radius 3 is 2.59 bits per heavy atom. The second-order valence-corrected chi connectivity index (χ2v) is 5.93. The summed E-state index contributed by atoms with van der Waals surface area (Å²) in [5, 5.41) is 0. The van der Waals surface area contributed by atoms with Crippen LogP contribution >= 0.6 is 0 Å². The molecular formula is C16H19FN2O3. The first-order valence-electron chi connectivity index (χ1n) is 7.63. The van der Waals surface area contributed by atoms with Crippen molar-refractivity contribution in [2.24, 2.45) is 5.73 Å². The van der Waals surface area contributed by atoms with E-state index in [-0.39, 0.29) is 18.3 Å². The lowest BCUT2D eigenvalue weighted by molar-refractivity contribution is -0.124. The van der Waals surface area contributed by atoms with Crippen LogP contribution < -0.4 is 10.6 Å². The molecule has 1 aromatic rings. The third-order valence-corrected chi connectivity index (χ3v) is 4.47. The summed E-state index contributed by atoms with van der Waals surface area (Å²) in [6.07, 6.45) is 3.83. The molecule has 0 unspecified atom stereocenters. The molecule has 1 aromatic carbocycles. The van der Waals surface area contributed by atoms with Crippen LogP contribution in [-0.2, 0) is 9.53 Å². The summed E-state index contributed by atoms with van der Waals surface area (Å²) in [4.78, 5) is 24.1. The van der Waals surface area contributed by atoms with Gasteiger partial charge in [0, 0.05) is 0 Å². The number of cyclic esters (lactones) is 1. The van der Waals surface area contributed by atoms with Crippen LogP contribution in [0.15, 0.2) is 18.2 Å². The Balaban J connectivity index is 1.80. The van der Waals surface area contributed by atoms with Crippen LogP contribution in [0.4, 0.5) is 14.9 Å². The zero-order chi connectivity index (χ0) is 15.7. The molecule has 22 heavy (non-hydrogen) atoms. The summed E-state index contributed by atoms with van der Waals surface area (Å²) < 4.78 is 19.3. The number of amides is 2. The van der Waals surface area contributed by atoms with Gasteiger partial charge in [-0.2, -0.15) is 0 Å². The van der Waals surface area contributed by atoms with Crippen LogP contribution in [0.5, 0.6) is 0 Å². The summed E-state index contributed by atoms with van der Waals surface area (Å²) >= 11 is 0. The molecule has 0 radical (unpaired) electrons. The van der Waals surface area contributed by atoms with Crippen LogP contribution in [0.1, 0.15) is 43.6 Å². The van der Waals surface area contributed by atoms with E-state index in [1.807, 2.05) is 0 Å². The van der Waals surface area contributed by atoms with E-state index in [0.29, 0.717) is 11.3 Å². The van der Waals surface area contributed by atoms with E-state index < -0.39 is 18.1 Å². The molecular weight excluding hydrogens is 287 g/mol. The first-order valence-corrected chi connectivity index (χ1v) is 7.63. The van der Waals surface area contributed by atoms with E-state index in [0.717, 1.165) is 25.7 Å². The van der Waals surface area contributed by atoms with Crippen molar-refractivity contribution in [2.75, 3.05) is 11.4 Å². The van der Waals surface area contributed by atoms with Crippen LogP contribution in [0.3, 0.4) is 0 Å². The number of primary amides is 1. The molecule has 0 aromatic heterocycles. The summed E-state index contributed by atoms with van der Waals surface area (Å²) in [5.41, 5.74) is 6.24. The van der Waals surface area contributed by atoms with Gasteiger partial charge in [0.2, 0.25) is 0 Å². The molecule has 1 aliphatic carbocycles. The molecule has 5 nitrogen and oxygen atoms in total. The fourth-order valence-corrected chi connectivity index (χ4v) is 3.25. The molecule has 0 bridgehead atoms. The van der Waals surface area contributed by atoms with Crippen molar-refractivity contribution < 1.29 is 18.7 Å². The summed E-state index contributed by atoms with van der Waals surface area (Å²) in [6.45, 7) is 0.0242. The molecule has 1 saturated heterocycles. The third-order valence-electron chi connectivity index (χ3n) is 4.47. The SMILES string of the molecule is NC(=O)[C@H]1CN(c2ccc(C3CCCCC3)c(F)c2)C(=O)O1. The molecule has 1 atom stereocenters. The third kappa shape index (κ3) is 2.77. The maximum atomic E-state index is 14.4. The quantitative estimate of drug-likeness (QED) is 0.933. The van der Waals surface area contributed by atoms with Crippen LogP contribution in [0.25, 0.3) is 0 Å². The number of hydrogen-bond donors (Lipinski definition) is 1. The zero-order valence-electron chi connectivity index (χ0n) is 12.3. The average molecular weight is 306 g/mol. The minimum Gasteiger partial charge on any atom is -0.434 e. The summed E-state index contributed by atoms with van der Waals surface area (Å²) in [5.74, 6) is -0.749. The molecule has 2 fully saturated rings. The Labute approximate surface area is 128 Å². The fraction of sp³-hybridized carbons (Fsp3) is 0.500. The number of nitrogens with zero attached hydrogens (tertiary/aromatic N) is 1. The number of carbonyl (C=O) groups excluding carboxylic acids is 2. The molecule has 1 aliphatic heterocycles. The van der Waals surface area contributed by atoms with Crippen LogP contribution in [-0.4, -0.2) is 24.6 Å². The number of ether oxygens (including phenoxy) is 1. The number of hydrogen-bond acceptors (Lipinski definition) is 3. The highest BCUT2D eigenvalue weighted by molar-refractivity contribution is 5.95. The van der Waals surface area contributed by atoms with Gasteiger partial charge in [-0.25, -0.2) is 9.18 Å². The maximum absolute atomic E-state index is 14.4. The van der Waals surface area contributed by atoms with Crippen molar-refractivity contribution in [2.45, 2.75) is 44.1 Å². The Morgan fingerprint density at radius 1 is 1.27 bits per heavy atom. The van der Waals surface area contributed by atoms with E-state index >= 15 is 0 Å². The normalized spacial score (nSPS) is 22.7. The molecule has 2 N–H and O–H groups in total. The van der Waals surface area contributed by atoms with E-state index in [2.05, 4.69) is 0 Å². The van der Waals surface area contributed by atoms with Gasteiger partial charge >= 0.3 is 6.09 Å². The van der Waals surface area contributed by atoms with Gasteiger partial charge in [0.25, 0.3) is 5.91 Å². The molecule has 1 heterocycles. The Kier molecular flexibility index (Phi) is 4.00. The number of carbonyl (C=O) groups is 2. The van der Waals surface area contributed by atoms with Crippen molar-refractivity contribution in [3.05, 3.63) is 29.6 Å². The van der Waals surface area contributed by atoms with Gasteiger partial charge < -0.3 is 10.5 Å². The first-order chi connectivity index (χ1) is 10.6. The fourth-order valence-electron chi connectivity index (χ4n) is 3.25. The number of anilines is 1. The molecule has 3 rings (SSSR count). The lowest BCUT2D eigenvalue weighted by Crippen LogP contribution is -2.32. The van der Waals surface area contributed by atoms with E-state index in [1.54, 1.807) is 12.1 Å². The first kappa shape index (κ1) is 14.8. The highest BCUT2D eigenvalue weighted by Crippen LogP contribution is 2.35. The Bertz CT molecular complexity index is 599. The minimum atomic E-state index is -0.978. The molecule has 6 heteroatoms. The van der Waals surface area contributed by atoms with E-state index in [9.17, 15) is 14.0 Å². The molecule has 118 valence electrons. The van der Waals surface area contributed by atoms with Crippen molar-refractivity contribution in [3.8, 4) is 0 Å². The van der Waals surface area contributed by atoms with Crippen molar-refractivity contribution in [3.63, 3.8) is 0 Å². The van der Waals surface area contributed by atoms with Crippen molar-refractivity contribution in [1.82, 2.24) is 0 Å². The molecule has 2 aliphatic rings. The zero-order valence-corrected chi connectivity index (χ0v) is 12.3. The largest absolute Gasteiger partial charge is 0.434 e. The topological polar surface area (TPSA) is 72.6 Å². The van der Waals surface area contributed by atoms with Gasteiger partial charge in [-0.15, -0.1) is 0 Å². The second kappa shape index (κ2) is 5.94. The lowest BCUT2D eigenvalue weighted by Gasteiger charge is -2.23. The lowest BCUT2D eigenvalue weighted by atomic mass is 9.84. The number of benzene rings is 1. The summed E-state index contributed by atoms with van der Waals surface area (Å²) in [7, 11) is 0. The smallest absolute Gasteiger partial charge is 0.415 e. The molecule has 1 saturated carbocycles. The maximum Gasteiger partial charge on any atom is 0.415 e. The Morgan fingerprint density at radius 2 is 2.00 bits per heavy atom. The van der Waals surface area contributed by atoms with Gasteiger partial charge in [-0.05, 0) is 36.5 Å². The van der Waals surface area contributed by atoms with E-state index in [1.165, 1.54) is 17.4 Å². The number of rotatable bonds is 3. The monoisotopic (exact) mass is 306 g/mol. The standard InChI is InChI=1S/C16H19FN2O3/c17-13-8-11(19-9-14(15(18)20)22-16(19)21)6-7-12(13)10-4-2-1-3-5-10/h6-8,10,14H,1-5,9H2,(H2,18,20)/t14-/m1/s1. The van der Waals surface area contributed by atoms with Crippen LogP contribution in [0, 0.1) is 5.82 Å². The van der Waals surface area contributed by atoms with Gasteiger partial charge in [-0.1, -0.05) is 25.3 Å². The summed E-state index contributed by atoms with van der Waals surface area (Å²) in [6, 6.07) is 4.79. The predicted octanol–water partition coefficient (Wildman–Crippen LogP) is 2.68. The highest BCUT2D eigenvalue weighted by atomic mass is 19.1. The van der Waals surface area contributed by atoms with Crippen LogP contribution in [0.2, 0.25) is 0 Å².